The van der Waals surface area contributed by atoms with Crippen LogP contribution in [0.3, 0.4) is 0 Å². The maximum absolute atomic E-state index is 11.6. The maximum atomic E-state index is 11.6. The normalized spacial score (nSPS) is 10.7. The average molecular weight is 268 g/mol. The third-order valence-corrected chi connectivity index (χ3v) is 2.59. The lowest BCUT2D eigenvalue weighted by Crippen LogP contribution is -2.37. The Labute approximate surface area is 117 Å². The SMILES string of the molecule is Cc1cccc(N=CC(=O)NNCc2ccncc2)c1. The van der Waals surface area contributed by atoms with Gasteiger partial charge in [-0.15, -0.1) is 0 Å². The van der Waals surface area contributed by atoms with Gasteiger partial charge in [0.2, 0.25) is 0 Å². The second-order valence-electron chi connectivity index (χ2n) is 4.30. The fourth-order valence-corrected chi connectivity index (χ4v) is 1.61. The van der Waals surface area contributed by atoms with Crippen molar-refractivity contribution < 1.29 is 4.79 Å². The Morgan fingerprint density at radius 2 is 2.10 bits per heavy atom. The molecule has 1 amide bonds. The van der Waals surface area contributed by atoms with Crippen molar-refractivity contribution in [1.82, 2.24) is 15.8 Å². The molecule has 0 saturated carbocycles. The summed E-state index contributed by atoms with van der Waals surface area (Å²) in [6.07, 6.45) is 4.67. The first-order valence-electron chi connectivity index (χ1n) is 6.26. The summed E-state index contributed by atoms with van der Waals surface area (Å²) in [5.74, 6) is -0.291. The van der Waals surface area contributed by atoms with E-state index in [1.54, 1.807) is 12.4 Å². The number of hydrogen-bond acceptors (Lipinski definition) is 4. The van der Waals surface area contributed by atoms with E-state index in [1.165, 1.54) is 6.21 Å². The van der Waals surface area contributed by atoms with Gasteiger partial charge in [0.1, 0.15) is 0 Å². The molecule has 0 aliphatic carbocycles. The molecule has 0 aliphatic heterocycles. The number of aromatic nitrogens is 1. The largest absolute Gasteiger partial charge is 0.286 e. The van der Waals surface area contributed by atoms with Crippen molar-refractivity contribution in [3.8, 4) is 0 Å². The summed E-state index contributed by atoms with van der Waals surface area (Å²) in [6, 6.07) is 11.4. The molecule has 2 aromatic rings. The molecule has 0 radical (unpaired) electrons. The van der Waals surface area contributed by atoms with Gasteiger partial charge in [-0.1, -0.05) is 12.1 Å². The molecule has 0 aliphatic rings. The van der Waals surface area contributed by atoms with Crippen molar-refractivity contribution >= 4 is 17.8 Å². The fraction of sp³-hybridized carbons (Fsp3) is 0.133. The first kappa shape index (κ1) is 13.9. The molecule has 0 fully saturated rings. The molecule has 102 valence electrons. The van der Waals surface area contributed by atoms with Gasteiger partial charge in [-0.3, -0.25) is 20.2 Å². The molecule has 2 rings (SSSR count). The zero-order valence-corrected chi connectivity index (χ0v) is 11.2. The van der Waals surface area contributed by atoms with Crippen LogP contribution in [0, 0.1) is 6.92 Å². The molecule has 0 unspecified atom stereocenters. The van der Waals surface area contributed by atoms with Crippen molar-refractivity contribution in [1.29, 1.82) is 0 Å². The maximum Gasteiger partial charge on any atom is 0.276 e. The van der Waals surface area contributed by atoms with Gasteiger partial charge in [0.15, 0.2) is 0 Å². The number of hydrazine groups is 1. The van der Waals surface area contributed by atoms with Gasteiger partial charge in [0.25, 0.3) is 5.91 Å². The highest BCUT2D eigenvalue weighted by Gasteiger charge is 1.96. The van der Waals surface area contributed by atoms with Crippen LogP contribution >= 0.6 is 0 Å². The van der Waals surface area contributed by atoms with E-state index in [1.807, 2.05) is 43.3 Å². The average Bonchev–Trinajstić information content (AvgIpc) is 2.46. The molecule has 0 atom stereocenters. The molecule has 1 aromatic carbocycles. The summed E-state index contributed by atoms with van der Waals surface area (Å²) in [7, 11) is 0. The predicted octanol–water partition coefficient (Wildman–Crippen LogP) is 1.91. The van der Waals surface area contributed by atoms with Crippen molar-refractivity contribution in [2.24, 2.45) is 4.99 Å². The number of carbonyl (C=O) groups is 1. The van der Waals surface area contributed by atoms with E-state index in [2.05, 4.69) is 20.8 Å². The summed E-state index contributed by atoms with van der Waals surface area (Å²) in [6.45, 7) is 2.52. The fourth-order valence-electron chi connectivity index (χ4n) is 1.61. The number of pyridine rings is 1. The van der Waals surface area contributed by atoms with E-state index >= 15 is 0 Å². The number of nitrogens with one attached hydrogen (secondary N) is 2. The topological polar surface area (TPSA) is 66.4 Å². The Hall–Kier alpha value is -2.53. The van der Waals surface area contributed by atoms with Gasteiger partial charge >= 0.3 is 0 Å². The quantitative estimate of drug-likeness (QED) is 0.643. The second-order valence-corrected chi connectivity index (χ2v) is 4.30. The minimum Gasteiger partial charge on any atom is -0.286 e. The van der Waals surface area contributed by atoms with E-state index in [0.717, 1.165) is 16.8 Å². The van der Waals surface area contributed by atoms with Crippen molar-refractivity contribution in [3.63, 3.8) is 0 Å². The molecule has 1 heterocycles. The van der Waals surface area contributed by atoms with Crippen molar-refractivity contribution in [3.05, 3.63) is 59.9 Å². The first-order valence-corrected chi connectivity index (χ1v) is 6.26. The molecular formula is C15H16N4O. The third-order valence-electron chi connectivity index (χ3n) is 2.59. The van der Waals surface area contributed by atoms with Crippen molar-refractivity contribution in [2.45, 2.75) is 13.5 Å². The lowest BCUT2D eigenvalue weighted by atomic mass is 10.2. The Kier molecular flexibility index (Phi) is 4.97. The van der Waals surface area contributed by atoms with E-state index in [9.17, 15) is 4.79 Å². The zero-order valence-electron chi connectivity index (χ0n) is 11.2. The minimum atomic E-state index is -0.291. The summed E-state index contributed by atoms with van der Waals surface area (Å²) in [4.78, 5) is 19.6. The number of aryl methyl sites for hydroxylation is 1. The van der Waals surface area contributed by atoms with Gasteiger partial charge in [0.05, 0.1) is 11.9 Å². The molecule has 0 bridgehead atoms. The van der Waals surface area contributed by atoms with Crippen LogP contribution in [-0.4, -0.2) is 17.1 Å². The number of benzene rings is 1. The van der Waals surface area contributed by atoms with Gasteiger partial charge in [0, 0.05) is 18.9 Å². The molecule has 2 N–H and O–H groups in total. The van der Waals surface area contributed by atoms with Gasteiger partial charge in [-0.05, 0) is 42.3 Å². The van der Waals surface area contributed by atoms with Crippen LogP contribution in [0.25, 0.3) is 0 Å². The standard InChI is InChI=1S/C15H16N4O/c1-12-3-2-4-14(9-12)17-11-15(20)19-18-10-13-5-7-16-8-6-13/h2-9,11,18H,10H2,1H3,(H,19,20). The Bertz CT molecular complexity index is 596. The lowest BCUT2D eigenvalue weighted by Gasteiger charge is -2.04. The number of carbonyl (C=O) groups excluding carboxylic acids is 1. The highest BCUT2D eigenvalue weighted by atomic mass is 16.2. The lowest BCUT2D eigenvalue weighted by molar-refractivity contribution is -0.115. The number of nitrogens with zero attached hydrogens (tertiary/aromatic N) is 2. The van der Waals surface area contributed by atoms with Crippen LogP contribution in [0.5, 0.6) is 0 Å². The van der Waals surface area contributed by atoms with E-state index in [0.29, 0.717) is 6.54 Å². The minimum absolute atomic E-state index is 0.291. The summed E-state index contributed by atoms with van der Waals surface area (Å²) in [5, 5.41) is 0. The van der Waals surface area contributed by atoms with Crippen LogP contribution in [-0.2, 0) is 11.3 Å². The number of aliphatic imine (C=N–C) groups is 1. The zero-order chi connectivity index (χ0) is 14.2. The molecular weight excluding hydrogens is 252 g/mol. The number of rotatable bonds is 5. The Morgan fingerprint density at radius 1 is 1.30 bits per heavy atom. The van der Waals surface area contributed by atoms with Gasteiger partial charge in [-0.25, -0.2) is 5.43 Å². The number of hydrogen-bond donors (Lipinski definition) is 2. The molecule has 1 aromatic heterocycles. The van der Waals surface area contributed by atoms with Crippen LogP contribution in [0.15, 0.2) is 53.8 Å². The first-order chi connectivity index (χ1) is 9.74. The molecule has 0 saturated heterocycles. The summed E-state index contributed by atoms with van der Waals surface area (Å²) < 4.78 is 0. The molecule has 5 nitrogen and oxygen atoms in total. The monoisotopic (exact) mass is 268 g/mol. The van der Waals surface area contributed by atoms with Crippen LogP contribution in [0.1, 0.15) is 11.1 Å². The van der Waals surface area contributed by atoms with E-state index < -0.39 is 0 Å². The van der Waals surface area contributed by atoms with Crippen LogP contribution in [0.4, 0.5) is 5.69 Å². The molecule has 5 heteroatoms. The molecule has 20 heavy (non-hydrogen) atoms. The van der Waals surface area contributed by atoms with Crippen molar-refractivity contribution in [2.75, 3.05) is 0 Å². The second kappa shape index (κ2) is 7.16. The Morgan fingerprint density at radius 3 is 2.85 bits per heavy atom. The highest BCUT2D eigenvalue weighted by Crippen LogP contribution is 2.12. The number of amides is 1. The van der Waals surface area contributed by atoms with E-state index in [-0.39, 0.29) is 5.91 Å². The summed E-state index contributed by atoms with van der Waals surface area (Å²) in [5.41, 5.74) is 8.29. The Balaban J connectivity index is 1.78. The highest BCUT2D eigenvalue weighted by molar-refractivity contribution is 6.26. The molecule has 0 spiro atoms. The van der Waals surface area contributed by atoms with Crippen LogP contribution in [0.2, 0.25) is 0 Å². The summed E-state index contributed by atoms with van der Waals surface area (Å²) >= 11 is 0. The van der Waals surface area contributed by atoms with Gasteiger partial charge in [-0.2, -0.15) is 0 Å². The third kappa shape index (κ3) is 4.62. The van der Waals surface area contributed by atoms with Crippen LogP contribution < -0.4 is 10.9 Å². The smallest absolute Gasteiger partial charge is 0.276 e. The predicted molar refractivity (Wildman–Crippen MR) is 78.6 cm³/mol. The van der Waals surface area contributed by atoms with Gasteiger partial charge < -0.3 is 0 Å². The van der Waals surface area contributed by atoms with E-state index in [4.69, 9.17) is 0 Å².